The quantitative estimate of drug-likeness (QED) is 0.156. The maximum Gasteiger partial charge on any atom is 0.0540 e. The third kappa shape index (κ3) is 5.91. The van der Waals surface area contributed by atoms with Gasteiger partial charge in [-0.3, -0.25) is 0 Å². The lowest BCUT2D eigenvalue weighted by Gasteiger charge is -2.30. The van der Waals surface area contributed by atoms with E-state index in [1.165, 1.54) is 89.0 Å². The molecule has 0 heterocycles. The van der Waals surface area contributed by atoms with E-state index in [1.807, 2.05) is 0 Å². The minimum absolute atomic E-state index is 0.100. The molecule has 0 atom stereocenters. The third-order valence-corrected chi connectivity index (χ3v) is 13.5. The van der Waals surface area contributed by atoms with Gasteiger partial charge in [-0.2, -0.15) is 0 Å². The predicted octanol–water partition coefficient (Wildman–Crippen LogP) is 16.4. The molecule has 0 radical (unpaired) electrons. The number of para-hydroxylation sites is 1. The number of hydrogen-bond acceptors (Lipinski definition) is 1. The van der Waals surface area contributed by atoms with Crippen molar-refractivity contribution in [2.24, 2.45) is 0 Å². The molecule has 1 nitrogen and oxygen atoms in total. The topological polar surface area (TPSA) is 3.24 Å². The van der Waals surface area contributed by atoms with Gasteiger partial charge in [-0.05, 0) is 120 Å². The SMILES string of the molecule is CC1(C)c2ccccc2-c2ccc(N(c3ccc(-c4cccc5c4C(C)(C)c4ccccc4-5)cc3)c3ccccc3-c3cccc(-c4ccccc4-c4ccccc4)c3)cc21. The van der Waals surface area contributed by atoms with Gasteiger partial charge in [0.2, 0.25) is 0 Å². The van der Waals surface area contributed by atoms with Gasteiger partial charge in [0.05, 0.1) is 5.69 Å². The zero-order chi connectivity index (χ0) is 41.3. The Hall–Kier alpha value is -7.22. The van der Waals surface area contributed by atoms with Crippen molar-refractivity contribution in [3.05, 3.63) is 235 Å². The Morgan fingerprint density at radius 1 is 0.279 bits per heavy atom. The van der Waals surface area contributed by atoms with Crippen molar-refractivity contribution in [1.82, 2.24) is 0 Å². The average molecular weight is 782 g/mol. The van der Waals surface area contributed by atoms with Gasteiger partial charge in [0.25, 0.3) is 0 Å². The maximum atomic E-state index is 2.47. The molecular formula is C60H47N. The summed E-state index contributed by atoms with van der Waals surface area (Å²) in [7, 11) is 0. The smallest absolute Gasteiger partial charge is 0.0540 e. The second kappa shape index (κ2) is 14.2. The van der Waals surface area contributed by atoms with Crippen LogP contribution in [0.15, 0.2) is 212 Å². The number of hydrogen-bond donors (Lipinski definition) is 0. The van der Waals surface area contributed by atoms with Gasteiger partial charge in [-0.15, -0.1) is 0 Å². The highest BCUT2D eigenvalue weighted by atomic mass is 15.1. The van der Waals surface area contributed by atoms with Gasteiger partial charge in [0.1, 0.15) is 0 Å². The highest BCUT2D eigenvalue weighted by Gasteiger charge is 2.38. The highest BCUT2D eigenvalue weighted by Crippen LogP contribution is 2.54. The molecule has 0 amide bonds. The summed E-state index contributed by atoms with van der Waals surface area (Å²) in [5, 5.41) is 0. The molecule has 0 N–H and O–H groups in total. The minimum Gasteiger partial charge on any atom is -0.310 e. The van der Waals surface area contributed by atoms with E-state index in [4.69, 9.17) is 0 Å². The van der Waals surface area contributed by atoms with Crippen LogP contribution in [0.3, 0.4) is 0 Å². The van der Waals surface area contributed by atoms with Crippen LogP contribution < -0.4 is 4.90 Å². The fourth-order valence-corrected chi connectivity index (χ4v) is 10.5. The Labute approximate surface area is 360 Å². The summed E-state index contributed by atoms with van der Waals surface area (Å²) in [5.41, 5.74) is 23.8. The highest BCUT2D eigenvalue weighted by molar-refractivity contribution is 5.94. The molecule has 0 saturated carbocycles. The van der Waals surface area contributed by atoms with Gasteiger partial charge in [0.15, 0.2) is 0 Å². The lowest BCUT2D eigenvalue weighted by Crippen LogP contribution is -2.17. The summed E-state index contributed by atoms with van der Waals surface area (Å²) < 4.78 is 0. The second-order valence-electron chi connectivity index (χ2n) is 17.7. The van der Waals surface area contributed by atoms with E-state index in [0.717, 1.165) is 17.1 Å². The van der Waals surface area contributed by atoms with Crippen molar-refractivity contribution in [1.29, 1.82) is 0 Å². The van der Waals surface area contributed by atoms with Crippen LogP contribution >= 0.6 is 0 Å². The largest absolute Gasteiger partial charge is 0.310 e. The second-order valence-corrected chi connectivity index (χ2v) is 17.7. The van der Waals surface area contributed by atoms with Gasteiger partial charge < -0.3 is 4.90 Å². The summed E-state index contributed by atoms with van der Waals surface area (Å²) in [6.45, 7) is 9.48. The molecule has 9 aromatic carbocycles. The fraction of sp³-hybridized carbons (Fsp3) is 0.100. The maximum absolute atomic E-state index is 2.47. The molecule has 0 unspecified atom stereocenters. The van der Waals surface area contributed by atoms with Crippen LogP contribution in [0, 0.1) is 0 Å². The molecular weight excluding hydrogens is 735 g/mol. The van der Waals surface area contributed by atoms with Crippen molar-refractivity contribution >= 4 is 17.1 Å². The first-order valence-corrected chi connectivity index (χ1v) is 21.5. The van der Waals surface area contributed by atoms with Crippen LogP contribution in [-0.2, 0) is 10.8 Å². The van der Waals surface area contributed by atoms with Crippen molar-refractivity contribution in [2.45, 2.75) is 38.5 Å². The minimum atomic E-state index is -0.129. The lowest BCUT2D eigenvalue weighted by molar-refractivity contribution is 0.660. The monoisotopic (exact) mass is 781 g/mol. The average Bonchev–Trinajstić information content (AvgIpc) is 3.69. The molecule has 0 saturated heterocycles. The zero-order valence-corrected chi connectivity index (χ0v) is 35.2. The predicted molar refractivity (Wildman–Crippen MR) is 258 cm³/mol. The number of nitrogens with zero attached hydrogens (tertiary/aromatic N) is 1. The van der Waals surface area contributed by atoms with Crippen LogP contribution in [0.1, 0.15) is 49.9 Å². The molecule has 0 aromatic heterocycles. The molecule has 2 aliphatic rings. The lowest BCUT2D eigenvalue weighted by atomic mass is 9.79. The van der Waals surface area contributed by atoms with E-state index in [-0.39, 0.29) is 10.8 Å². The van der Waals surface area contributed by atoms with Crippen molar-refractivity contribution in [3.8, 4) is 66.8 Å². The molecule has 0 aliphatic heterocycles. The van der Waals surface area contributed by atoms with E-state index in [1.54, 1.807) is 0 Å². The number of benzene rings is 9. The Bertz CT molecular complexity index is 3130. The molecule has 0 fully saturated rings. The first-order chi connectivity index (χ1) is 29.8. The summed E-state index contributed by atoms with van der Waals surface area (Å²) in [6.07, 6.45) is 0. The van der Waals surface area contributed by atoms with Gasteiger partial charge in [-0.25, -0.2) is 0 Å². The Kier molecular flexibility index (Phi) is 8.58. The number of anilines is 3. The summed E-state index contributed by atoms with van der Waals surface area (Å²) in [6, 6.07) is 78.5. The van der Waals surface area contributed by atoms with Crippen molar-refractivity contribution in [3.63, 3.8) is 0 Å². The Balaban J connectivity index is 1.06. The van der Waals surface area contributed by atoms with Crippen molar-refractivity contribution in [2.75, 3.05) is 4.90 Å². The van der Waals surface area contributed by atoms with Crippen molar-refractivity contribution < 1.29 is 0 Å². The molecule has 0 bridgehead atoms. The van der Waals surface area contributed by atoms with Crippen LogP contribution in [0.25, 0.3) is 66.8 Å². The molecule has 11 rings (SSSR count). The van der Waals surface area contributed by atoms with Gasteiger partial charge in [-0.1, -0.05) is 204 Å². The van der Waals surface area contributed by atoms with Crippen LogP contribution in [0.2, 0.25) is 0 Å². The summed E-state index contributed by atoms with van der Waals surface area (Å²) in [4.78, 5) is 2.47. The third-order valence-electron chi connectivity index (χ3n) is 13.5. The first kappa shape index (κ1) is 36.8. The summed E-state index contributed by atoms with van der Waals surface area (Å²) >= 11 is 0. The van der Waals surface area contributed by atoms with E-state index in [0.29, 0.717) is 0 Å². The molecule has 61 heavy (non-hydrogen) atoms. The molecule has 9 aromatic rings. The van der Waals surface area contributed by atoms with E-state index in [9.17, 15) is 0 Å². The first-order valence-electron chi connectivity index (χ1n) is 21.5. The molecule has 2 aliphatic carbocycles. The fourth-order valence-electron chi connectivity index (χ4n) is 10.5. The van der Waals surface area contributed by atoms with E-state index in [2.05, 4.69) is 245 Å². The standard InChI is InChI=1S/C60H47N/c1-59(2)54-29-13-10-25-50(54)52-37-36-45(39-56(52)59)61(44-34-32-41(33-35-44)49-27-17-28-53-51-26-11-14-30-55(51)60(3,4)58(49)53)57-31-15-12-24-48(57)43-21-16-20-42(38-43)47-23-9-8-22-46(47)40-18-6-5-7-19-40/h5-39H,1-4H3. The molecule has 1 heteroatoms. The van der Waals surface area contributed by atoms with E-state index < -0.39 is 0 Å². The van der Waals surface area contributed by atoms with Crippen LogP contribution in [-0.4, -0.2) is 0 Å². The number of fused-ring (bicyclic) bond motifs is 6. The molecule has 0 spiro atoms. The summed E-state index contributed by atoms with van der Waals surface area (Å²) in [5.74, 6) is 0. The van der Waals surface area contributed by atoms with Gasteiger partial charge in [0, 0.05) is 27.8 Å². The Morgan fingerprint density at radius 2 is 0.738 bits per heavy atom. The van der Waals surface area contributed by atoms with Gasteiger partial charge >= 0.3 is 0 Å². The Morgan fingerprint density at radius 3 is 1.46 bits per heavy atom. The zero-order valence-electron chi connectivity index (χ0n) is 35.2. The van der Waals surface area contributed by atoms with E-state index >= 15 is 0 Å². The normalized spacial score (nSPS) is 13.8. The molecule has 292 valence electrons. The van der Waals surface area contributed by atoms with Crippen LogP contribution in [0.4, 0.5) is 17.1 Å². The van der Waals surface area contributed by atoms with Crippen LogP contribution in [0.5, 0.6) is 0 Å². The number of rotatable bonds is 7.